The van der Waals surface area contributed by atoms with Gasteiger partial charge in [-0.25, -0.2) is 0 Å². The minimum absolute atomic E-state index is 0. The van der Waals surface area contributed by atoms with Crippen molar-refractivity contribution in [1.82, 2.24) is 0 Å². The van der Waals surface area contributed by atoms with Crippen molar-refractivity contribution < 1.29 is 168 Å². The molecule has 0 saturated heterocycles. The second kappa shape index (κ2) is 30.5. The van der Waals surface area contributed by atoms with Crippen LogP contribution in [0.3, 0.4) is 0 Å². The average molecular weight is 1120 g/mol. The van der Waals surface area contributed by atoms with Crippen molar-refractivity contribution in [1.29, 1.82) is 0 Å². The van der Waals surface area contributed by atoms with Gasteiger partial charge < -0.3 is 49.4 Å². The van der Waals surface area contributed by atoms with Crippen LogP contribution in [0.5, 0.6) is 11.5 Å². The summed E-state index contributed by atoms with van der Waals surface area (Å²) in [4.78, 5) is 25.7. The van der Waals surface area contributed by atoms with Gasteiger partial charge in [-0.2, -0.15) is 0 Å². The van der Waals surface area contributed by atoms with E-state index in [9.17, 15) is 39.9 Å². The molecule has 0 aromatic heterocycles. The molecule has 77 heavy (non-hydrogen) atoms. The van der Waals surface area contributed by atoms with Crippen molar-refractivity contribution in [3.63, 3.8) is 0 Å². The van der Waals surface area contributed by atoms with E-state index < -0.39 is 26.2 Å². The summed E-state index contributed by atoms with van der Waals surface area (Å²) in [6.45, 7) is 12.3. The monoisotopic (exact) mass is 1120 g/mol. The molecule has 8 rings (SSSR count). The Morgan fingerprint density at radius 3 is 1.66 bits per heavy atom. The number of hydrogen-bond acceptors (Lipinski definition) is 10. The molecular formula is C59H70B2Cl2Na4O10. The fourth-order valence-electron chi connectivity index (χ4n) is 14.5. The second-order valence-corrected chi connectivity index (χ2v) is 23.8. The first-order valence-corrected chi connectivity index (χ1v) is 27.4. The van der Waals surface area contributed by atoms with Crippen LogP contribution in [-0.2, 0) is 13.2 Å². The van der Waals surface area contributed by atoms with Crippen molar-refractivity contribution in [3.05, 3.63) is 122 Å². The molecule has 2 N–H and O–H groups in total. The Hall–Kier alpha value is -0.290. The third-order valence-electron chi connectivity index (χ3n) is 18.3. The molecule has 4 aliphatic rings. The molecule has 4 fully saturated rings. The molecule has 18 heteroatoms. The minimum atomic E-state index is -1.90. The number of aromatic carboxylic acids is 2. The number of rotatable bonds is 20. The second-order valence-electron chi connectivity index (χ2n) is 23.0. The van der Waals surface area contributed by atoms with Crippen molar-refractivity contribution in [2.75, 3.05) is 0 Å². The summed E-state index contributed by atoms with van der Waals surface area (Å²) in [6.07, 6.45) is 19.1. The van der Waals surface area contributed by atoms with Gasteiger partial charge in [0.1, 0.15) is 24.7 Å². The van der Waals surface area contributed by atoms with Gasteiger partial charge in [-0.1, -0.05) is 143 Å². The predicted molar refractivity (Wildman–Crippen MR) is 281 cm³/mol. The standard InChI is InChI=1S/C59H72B2Cl2O10.4Na/c1-35(2)8-6-9-36(3)49-22-23-50-46-21-16-42-28-37(24-26-58(42,4)51(46)25-27-59(49,50)5)10-7-11-45(40-29-47(56(64)65)54(52(62)31-40)72-33-38-12-17-43(18-13-38)60(68)69)41-30-48(57(66)67)55(53(63)32-41)73-34-39-14-19-44(20-15-39)61(70)71;;;;/h11-15,17-20,29-32,35-37,42,46,49-51,68,70H,6-10,16,21-28,33-34H2,1-5H3,(H,64,65)(H,66,67);;;;/q-2;4*+1/p-2/t36-,37+,42+,46+,49-,50+,51+,58+,59-;;;;/m1..../s1. The normalized spacial score (nSPS) is 24.4. The van der Waals surface area contributed by atoms with Gasteiger partial charge in [-0.3, -0.25) is 0 Å². The van der Waals surface area contributed by atoms with E-state index in [4.69, 9.17) is 32.7 Å². The molecule has 0 aliphatic heterocycles. The van der Waals surface area contributed by atoms with Gasteiger partial charge in [0.25, 0.3) is 0 Å². The van der Waals surface area contributed by atoms with E-state index in [-0.39, 0.29) is 175 Å². The summed E-state index contributed by atoms with van der Waals surface area (Å²) in [5.41, 5.74) is 2.92. The molecule has 0 unspecified atom stereocenters. The molecule has 0 spiro atoms. The van der Waals surface area contributed by atoms with Gasteiger partial charge in [-0.05, 0) is 181 Å². The molecule has 390 valence electrons. The number of benzene rings is 4. The zero-order valence-corrected chi connectivity index (χ0v) is 56.5. The summed E-state index contributed by atoms with van der Waals surface area (Å²) in [7, 11) is -3.79. The van der Waals surface area contributed by atoms with Crippen LogP contribution in [0.2, 0.25) is 10.0 Å². The predicted octanol–water partition coefficient (Wildman–Crippen LogP) is -4.06. The van der Waals surface area contributed by atoms with E-state index in [0.29, 0.717) is 56.9 Å². The van der Waals surface area contributed by atoms with Crippen LogP contribution in [0.4, 0.5) is 0 Å². The summed E-state index contributed by atoms with van der Waals surface area (Å²) >= 11 is 13.8. The molecular weight excluding hydrogens is 1050 g/mol. The summed E-state index contributed by atoms with van der Waals surface area (Å²) in [6, 6.07) is 18.1. The number of carboxylic acids is 2. The maximum Gasteiger partial charge on any atom is 1.00 e. The maximum atomic E-state index is 12.8. The van der Waals surface area contributed by atoms with Crippen LogP contribution in [0.15, 0.2) is 78.9 Å². The van der Waals surface area contributed by atoms with Crippen molar-refractivity contribution in [2.45, 2.75) is 138 Å². The van der Waals surface area contributed by atoms with E-state index >= 15 is 0 Å². The van der Waals surface area contributed by atoms with Gasteiger partial charge in [0.2, 0.25) is 14.2 Å². The molecule has 0 bridgehead atoms. The molecule has 4 saturated carbocycles. The first-order chi connectivity index (χ1) is 34.8. The maximum absolute atomic E-state index is 12.8. The molecule has 0 heterocycles. The number of allylic oxidation sites excluding steroid dienone is 1. The van der Waals surface area contributed by atoms with E-state index in [0.717, 1.165) is 48.3 Å². The number of carbonyl (C=O) groups excluding carboxylic acids is 2. The third-order valence-corrected chi connectivity index (χ3v) is 18.9. The Morgan fingerprint density at radius 2 is 1.18 bits per heavy atom. The topological polar surface area (TPSA) is 185 Å². The smallest absolute Gasteiger partial charge is 0.853 e. The average Bonchev–Trinajstić information content (AvgIpc) is 3.72. The Balaban J connectivity index is 0.00000320. The van der Waals surface area contributed by atoms with Crippen LogP contribution in [0, 0.1) is 58.2 Å². The third kappa shape index (κ3) is 16.1. The number of halogens is 2. The van der Waals surface area contributed by atoms with Gasteiger partial charge >= 0.3 is 118 Å². The molecule has 4 aromatic carbocycles. The van der Waals surface area contributed by atoms with Crippen LogP contribution >= 0.6 is 23.2 Å². The summed E-state index contributed by atoms with van der Waals surface area (Å²) < 4.78 is 11.9. The fourth-order valence-corrected chi connectivity index (χ4v) is 15.0. The van der Waals surface area contributed by atoms with E-state index in [1.807, 2.05) is 6.08 Å². The fraction of sp³-hybridized carbons (Fsp3) is 0.525. The number of ether oxygens (including phenoxy) is 2. The Morgan fingerprint density at radius 1 is 0.688 bits per heavy atom. The molecule has 0 amide bonds. The molecule has 4 aromatic rings. The first kappa shape index (κ1) is 69.2. The van der Waals surface area contributed by atoms with Crippen LogP contribution in [-0.4, -0.2) is 36.2 Å². The number of hydrogen-bond donors (Lipinski definition) is 2. The number of fused-ring (bicyclic) bond motifs is 5. The van der Waals surface area contributed by atoms with Gasteiger partial charge in [0.05, 0.1) is 22.0 Å². The SMILES string of the molecule is CC(C)CCC[C@@H](C)[C@H]1CC[C@H]2[C@@H]3CC[C@H]4C[C@@H](CCC=C(c5cc(Cl)c(OCc6ccc(B([O-])O)cc6)c(C(=O)[O-])c5)c5cc(Cl)c(OCc6ccc(B([O-])O)cc6)c(C(=O)[O-])c5)CC[C@]4(C)[C@H]3CC[C@]12C.[Na+].[Na+].[Na+].[Na+]. The number of carbonyl (C=O) groups is 2. The van der Waals surface area contributed by atoms with Gasteiger partial charge in [-0.15, -0.1) is 0 Å². The molecule has 0 radical (unpaired) electrons. The Bertz CT molecular complexity index is 2520. The summed E-state index contributed by atoms with van der Waals surface area (Å²) in [5, 5.41) is 67.4. The van der Waals surface area contributed by atoms with E-state index in [1.54, 1.807) is 36.4 Å². The molecule has 4 aliphatic carbocycles. The summed E-state index contributed by atoms with van der Waals surface area (Å²) in [5.74, 6) is 2.61. The largest absolute Gasteiger partial charge is 1.00 e. The number of carboxylic acid groups (broad SMARTS) is 2. The van der Waals surface area contributed by atoms with Crippen molar-refractivity contribution in [2.24, 2.45) is 58.2 Å². The quantitative estimate of drug-likeness (QED) is 0.0827. The first-order valence-electron chi connectivity index (χ1n) is 26.7. The van der Waals surface area contributed by atoms with E-state index in [2.05, 4.69) is 34.6 Å². The van der Waals surface area contributed by atoms with Gasteiger partial charge in [0.15, 0.2) is 0 Å². The van der Waals surface area contributed by atoms with Crippen molar-refractivity contribution in [3.8, 4) is 11.5 Å². The van der Waals surface area contributed by atoms with Crippen LogP contribution in [0.25, 0.3) is 5.57 Å². The van der Waals surface area contributed by atoms with Crippen LogP contribution < -0.4 is 159 Å². The minimum Gasteiger partial charge on any atom is -0.853 e. The van der Waals surface area contributed by atoms with Crippen molar-refractivity contribution >= 4 is 65.9 Å². The molecule has 10 nitrogen and oxygen atoms in total. The van der Waals surface area contributed by atoms with Gasteiger partial charge in [0, 0.05) is 11.1 Å². The Labute approximate surface area is 556 Å². The van der Waals surface area contributed by atoms with Crippen LogP contribution in [0.1, 0.15) is 167 Å². The molecule has 9 atom stereocenters. The Kier molecular flexibility index (Phi) is 27.4. The van der Waals surface area contributed by atoms with E-state index in [1.165, 1.54) is 107 Å². The zero-order chi connectivity index (χ0) is 52.4. The zero-order valence-electron chi connectivity index (χ0n) is 47.0.